The molecule has 2 aromatic heterocycles. The van der Waals surface area contributed by atoms with Crippen LogP contribution in [-0.4, -0.2) is 58.0 Å². The molecule has 2 N–H and O–H groups in total. The molecule has 10 heteroatoms. The van der Waals surface area contributed by atoms with Crippen molar-refractivity contribution >= 4 is 22.5 Å². The van der Waals surface area contributed by atoms with Crippen LogP contribution in [0.25, 0.3) is 10.9 Å². The van der Waals surface area contributed by atoms with Crippen molar-refractivity contribution in [3.8, 4) is 17.4 Å². The van der Waals surface area contributed by atoms with Crippen molar-refractivity contribution in [2.45, 2.75) is 13.2 Å². The molecule has 0 aliphatic carbocycles. The van der Waals surface area contributed by atoms with Gasteiger partial charge in [-0.15, -0.1) is 0 Å². The Hall–Kier alpha value is -4.18. The Morgan fingerprint density at radius 1 is 1.00 bits per heavy atom. The maximum Gasteiger partial charge on any atom is 0.387 e. The maximum absolute atomic E-state index is 13.3. The van der Waals surface area contributed by atoms with Crippen LogP contribution in [0, 0.1) is 0 Å². The predicted molar refractivity (Wildman–Crippen MR) is 136 cm³/mol. The molecule has 192 valence electrons. The molecule has 0 atom stereocenters. The Labute approximate surface area is 212 Å². The molecule has 0 spiro atoms. The fourth-order valence-electron chi connectivity index (χ4n) is 4.47. The van der Waals surface area contributed by atoms with Gasteiger partial charge in [-0.05, 0) is 48.0 Å². The Morgan fingerprint density at radius 3 is 2.41 bits per heavy atom. The van der Waals surface area contributed by atoms with Gasteiger partial charge in [0.1, 0.15) is 17.2 Å². The van der Waals surface area contributed by atoms with Gasteiger partial charge in [-0.1, -0.05) is 12.1 Å². The third-order valence-electron chi connectivity index (χ3n) is 6.43. The summed E-state index contributed by atoms with van der Waals surface area (Å²) in [5, 5.41) is 0.900. The number of halogens is 2. The van der Waals surface area contributed by atoms with Crippen molar-refractivity contribution in [2.75, 3.05) is 31.9 Å². The zero-order valence-electron chi connectivity index (χ0n) is 20.3. The first kappa shape index (κ1) is 24.5. The van der Waals surface area contributed by atoms with Crippen molar-refractivity contribution in [1.82, 2.24) is 19.4 Å². The molecule has 1 aliphatic heterocycles. The number of carbonyl (C=O) groups excluding carboxylic acids is 1. The van der Waals surface area contributed by atoms with E-state index in [9.17, 15) is 13.6 Å². The summed E-state index contributed by atoms with van der Waals surface area (Å²) >= 11 is 0. The van der Waals surface area contributed by atoms with Gasteiger partial charge in [0.25, 0.3) is 5.91 Å². The molecule has 0 bridgehead atoms. The fourth-order valence-corrected chi connectivity index (χ4v) is 4.47. The van der Waals surface area contributed by atoms with Crippen LogP contribution in [0.5, 0.6) is 17.4 Å². The Bertz CT molecular complexity index is 1380. The van der Waals surface area contributed by atoms with Crippen LogP contribution in [0.4, 0.5) is 14.5 Å². The van der Waals surface area contributed by atoms with E-state index in [-0.39, 0.29) is 11.7 Å². The van der Waals surface area contributed by atoms with E-state index in [2.05, 4.69) is 14.6 Å². The summed E-state index contributed by atoms with van der Waals surface area (Å²) in [6.45, 7) is 0.487. The number of nitrogens with zero attached hydrogens (tertiary/aromatic N) is 4. The summed E-state index contributed by atoms with van der Waals surface area (Å²) < 4.78 is 36.8. The molecular weight excluding hydrogens is 480 g/mol. The molecule has 0 unspecified atom stereocenters. The van der Waals surface area contributed by atoms with Crippen molar-refractivity contribution in [1.29, 1.82) is 0 Å². The van der Waals surface area contributed by atoms with Crippen LogP contribution < -0.4 is 15.2 Å². The van der Waals surface area contributed by atoms with E-state index in [0.717, 1.165) is 29.6 Å². The highest BCUT2D eigenvalue weighted by Gasteiger charge is 2.25. The normalized spacial score (nSPS) is 14.3. The van der Waals surface area contributed by atoms with Crippen LogP contribution in [-0.2, 0) is 13.6 Å². The lowest BCUT2D eigenvalue weighted by molar-refractivity contribution is -0.0498. The first-order valence-corrected chi connectivity index (χ1v) is 11.9. The molecule has 1 fully saturated rings. The van der Waals surface area contributed by atoms with Gasteiger partial charge >= 0.3 is 6.61 Å². The van der Waals surface area contributed by atoms with Crippen molar-refractivity contribution in [2.24, 2.45) is 7.05 Å². The van der Waals surface area contributed by atoms with E-state index in [1.165, 1.54) is 6.20 Å². The second-order valence-electron chi connectivity index (χ2n) is 8.93. The lowest BCUT2D eigenvalue weighted by atomic mass is 10.2. The minimum absolute atomic E-state index is 0.0190. The third kappa shape index (κ3) is 5.64. The smallest absolute Gasteiger partial charge is 0.387 e. The molecule has 5 rings (SSSR count). The van der Waals surface area contributed by atoms with E-state index in [1.807, 2.05) is 40.8 Å². The van der Waals surface area contributed by atoms with Gasteiger partial charge < -0.3 is 24.7 Å². The molecule has 2 aromatic carbocycles. The quantitative estimate of drug-likeness (QED) is 0.396. The highest BCUT2D eigenvalue weighted by atomic mass is 19.3. The Morgan fingerprint density at radius 2 is 1.73 bits per heavy atom. The molecule has 3 heterocycles. The van der Waals surface area contributed by atoms with E-state index in [0.29, 0.717) is 42.6 Å². The van der Waals surface area contributed by atoms with Crippen LogP contribution in [0.1, 0.15) is 16.1 Å². The lowest BCUT2D eigenvalue weighted by Crippen LogP contribution is -2.48. The van der Waals surface area contributed by atoms with Gasteiger partial charge in [-0.2, -0.15) is 8.78 Å². The van der Waals surface area contributed by atoms with Gasteiger partial charge in [-0.3, -0.25) is 9.69 Å². The number of ether oxygens (including phenoxy) is 2. The molecule has 4 aromatic rings. The average Bonchev–Trinajstić information content (AvgIpc) is 3.22. The minimum atomic E-state index is -2.83. The predicted octanol–water partition coefficient (Wildman–Crippen LogP) is 4.51. The number of pyridine rings is 1. The monoisotopic (exact) mass is 507 g/mol. The second kappa shape index (κ2) is 10.4. The number of aromatic nitrogens is 2. The van der Waals surface area contributed by atoms with E-state index >= 15 is 0 Å². The molecule has 37 heavy (non-hydrogen) atoms. The number of alkyl halides is 2. The zero-order chi connectivity index (χ0) is 25.9. The molecule has 1 saturated heterocycles. The van der Waals surface area contributed by atoms with Gasteiger partial charge in [0.05, 0.1) is 11.9 Å². The van der Waals surface area contributed by atoms with Crippen LogP contribution in [0.2, 0.25) is 0 Å². The molecule has 0 saturated carbocycles. The highest BCUT2D eigenvalue weighted by molar-refractivity contribution is 5.99. The number of nitrogen functional groups attached to an aromatic ring is 1. The molecule has 0 radical (unpaired) electrons. The Balaban J connectivity index is 1.21. The van der Waals surface area contributed by atoms with Crippen molar-refractivity contribution < 1.29 is 23.0 Å². The van der Waals surface area contributed by atoms with Gasteiger partial charge in [0, 0.05) is 56.7 Å². The number of amides is 1. The zero-order valence-corrected chi connectivity index (χ0v) is 20.3. The van der Waals surface area contributed by atoms with E-state index in [1.54, 1.807) is 36.4 Å². The molecule has 1 aliphatic rings. The van der Waals surface area contributed by atoms with Crippen molar-refractivity contribution in [3.63, 3.8) is 0 Å². The number of hydrogen-bond donors (Lipinski definition) is 1. The van der Waals surface area contributed by atoms with Crippen LogP contribution >= 0.6 is 0 Å². The van der Waals surface area contributed by atoms with Crippen molar-refractivity contribution in [3.05, 3.63) is 78.1 Å². The second-order valence-corrected chi connectivity index (χ2v) is 8.93. The summed E-state index contributed by atoms with van der Waals surface area (Å²) in [5.74, 6) is 1.19. The lowest BCUT2D eigenvalue weighted by Gasteiger charge is -2.34. The summed E-state index contributed by atoms with van der Waals surface area (Å²) in [7, 11) is 1.88. The minimum Gasteiger partial charge on any atom is -0.439 e. The number of aryl methyl sites for hydroxylation is 1. The number of fused-ring (bicyclic) bond motifs is 1. The fraction of sp³-hybridized carbons (Fsp3) is 0.259. The first-order valence-electron chi connectivity index (χ1n) is 11.9. The van der Waals surface area contributed by atoms with E-state index in [4.69, 9.17) is 10.5 Å². The summed E-state index contributed by atoms with van der Waals surface area (Å²) in [6.07, 6.45) is 1.54. The average molecular weight is 508 g/mol. The number of benzene rings is 2. The number of anilines is 1. The maximum atomic E-state index is 13.3. The standard InChI is InChI=1S/C27H27F2N5O3/c1-32-23-8-7-22(36-25-9-4-20(30)16-31-25)14-19(23)15-24(32)26(35)34-12-10-33(11-13-34)17-18-2-5-21(6-3-18)37-27(28)29/h2-9,14-16,27H,10-13,17,30H2,1H3. The summed E-state index contributed by atoms with van der Waals surface area (Å²) in [6, 6.07) is 17.6. The Kier molecular flexibility index (Phi) is 6.91. The third-order valence-corrected chi connectivity index (χ3v) is 6.43. The summed E-state index contributed by atoms with van der Waals surface area (Å²) in [5.41, 5.74) is 8.78. The topological polar surface area (TPSA) is 85.9 Å². The molecular formula is C27H27F2N5O3. The number of piperazine rings is 1. The van der Waals surface area contributed by atoms with Gasteiger partial charge in [0.15, 0.2) is 0 Å². The van der Waals surface area contributed by atoms with Gasteiger partial charge in [0.2, 0.25) is 5.88 Å². The first-order chi connectivity index (χ1) is 17.9. The SMILES string of the molecule is Cn1c(C(=O)N2CCN(Cc3ccc(OC(F)F)cc3)CC2)cc2cc(Oc3ccc(N)cn3)ccc21. The number of rotatable bonds is 7. The van der Waals surface area contributed by atoms with Crippen LogP contribution in [0.15, 0.2) is 66.9 Å². The number of hydrogen-bond acceptors (Lipinski definition) is 6. The van der Waals surface area contributed by atoms with Crippen LogP contribution in [0.3, 0.4) is 0 Å². The highest BCUT2D eigenvalue weighted by Crippen LogP contribution is 2.28. The van der Waals surface area contributed by atoms with E-state index < -0.39 is 6.61 Å². The number of carbonyl (C=O) groups is 1. The molecule has 8 nitrogen and oxygen atoms in total. The number of nitrogens with two attached hydrogens (primary N) is 1. The largest absolute Gasteiger partial charge is 0.439 e. The summed E-state index contributed by atoms with van der Waals surface area (Å²) in [4.78, 5) is 21.6. The van der Waals surface area contributed by atoms with Gasteiger partial charge in [-0.25, -0.2) is 4.98 Å². The molecule has 1 amide bonds.